The van der Waals surface area contributed by atoms with Crippen molar-refractivity contribution in [3.8, 4) is 5.75 Å². The van der Waals surface area contributed by atoms with E-state index in [2.05, 4.69) is 15.9 Å². The average molecular weight is 276 g/mol. The third kappa shape index (κ3) is 2.45. The quantitative estimate of drug-likeness (QED) is 0.679. The topological polar surface area (TPSA) is 72.6 Å². The minimum absolute atomic E-state index is 0.0956. The molecule has 15 heavy (non-hydrogen) atoms. The van der Waals surface area contributed by atoms with Crippen LogP contribution >= 0.6 is 15.9 Å². The van der Waals surface area contributed by atoms with Gasteiger partial charge in [-0.25, -0.2) is 0 Å². The van der Waals surface area contributed by atoms with Gasteiger partial charge in [-0.1, -0.05) is 15.9 Å². The Labute approximate surface area is 95.0 Å². The van der Waals surface area contributed by atoms with Gasteiger partial charge in [0, 0.05) is 16.1 Å². The second kappa shape index (κ2) is 4.59. The molecule has 0 aliphatic rings. The number of nitro groups is 1. The standard InChI is InChI=1S/C9H10BrNO4/c1-5(12)7-3-6(10)4-8(11(13)14)9(7)15-2/h3-5,12H,1-2H3/t5-/m1/s1. The highest BCUT2D eigenvalue weighted by molar-refractivity contribution is 9.10. The maximum absolute atomic E-state index is 10.7. The fourth-order valence-corrected chi connectivity index (χ4v) is 1.73. The van der Waals surface area contributed by atoms with E-state index in [0.29, 0.717) is 10.0 Å². The van der Waals surface area contributed by atoms with Crippen molar-refractivity contribution in [3.05, 3.63) is 32.3 Å². The van der Waals surface area contributed by atoms with Crippen LogP contribution in [0.3, 0.4) is 0 Å². The highest BCUT2D eigenvalue weighted by atomic mass is 79.9. The minimum Gasteiger partial charge on any atom is -0.490 e. The molecule has 6 heteroatoms. The van der Waals surface area contributed by atoms with Crippen molar-refractivity contribution in [2.24, 2.45) is 0 Å². The first-order valence-electron chi connectivity index (χ1n) is 4.17. The van der Waals surface area contributed by atoms with Crippen molar-refractivity contribution in [2.45, 2.75) is 13.0 Å². The number of methoxy groups -OCH3 is 1. The molecular formula is C9H10BrNO4. The molecule has 0 aliphatic carbocycles. The number of halogens is 1. The Morgan fingerprint density at radius 1 is 1.60 bits per heavy atom. The Morgan fingerprint density at radius 2 is 2.20 bits per heavy atom. The van der Waals surface area contributed by atoms with Gasteiger partial charge in [-0.05, 0) is 13.0 Å². The Bertz CT molecular complexity index is 392. The molecule has 0 aromatic heterocycles. The molecule has 0 unspecified atom stereocenters. The molecule has 0 bridgehead atoms. The molecule has 0 radical (unpaired) electrons. The summed E-state index contributed by atoms with van der Waals surface area (Å²) in [5.74, 6) is 0.0956. The molecule has 1 rings (SSSR count). The second-order valence-electron chi connectivity index (χ2n) is 2.98. The Balaban J connectivity index is 3.45. The van der Waals surface area contributed by atoms with Gasteiger partial charge in [0.15, 0.2) is 0 Å². The molecule has 0 aliphatic heterocycles. The van der Waals surface area contributed by atoms with Gasteiger partial charge < -0.3 is 9.84 Å². The minimum atomic E-state index is -0.823. The van der Waals surface area contributed by atoms with E-state index in [1.165, 1.54) is 20.1 Å². The molecular weight excluding hydrogens is 266 g/mol. The molecule has 0 amide bonds. The molecule has 5 nitrogen and oxygen atoms in total. The number of aliphatic hydroxyl groups excluding tert-OH is 1. The maximum Gasteiger partial charge on any atom is 0.312 e. The van der Waals surface area contributed by atoms with Gasteiger partial charge in [0.1, 0.15) is 0 Å². The van der Waals surface area contributed by atoms with Crippen LogP contribution in [-0.4, -0.2) is 17.1 Å². The molecule has 0 spiro atoms. The fourth-order valence-electron chi connectivity index (χ4n) is 1.27. The van der Waals surface area contributed by atoms with Crippen molar-refractivity contribution >= 4 is 21.6 Å². The Hall–Kier alpha value is -1.14. The van der Waals surface area contributed by atoms with Gasteiger partial charge in [0.05, 0.1) is 18.1 Å². The van der Waals surface area contributed by atoms with Crippen molar-refractivity contribution in [1.29, 1.82) is 0 Å². The lowest BCUT2D eigenvalue weighted by Gasteiger charge is -2.11. The summed E-state index contributed by atoms with van der Waals surface area (Å²) in [6.07, 6.45) is -0.823. The van der Waals surface area contributed by atoms with Crippen LogP contribution in [0.4, 0.5) is 5.69 Å². The van der Waals surface area contributed by atoms with Gasteiger partial charge in [-0.15, -0.1) is 0 Å². The third-order valence-electron chi connectivity index (χ3n) is 1.91. The monoisotopic (exact) mass is 275 g/mol. The van der Waals surface area contributed by atoms with Crippen LogP contribution in [0.25, 0.3) is 0 Å². The van der Waals surface area contributed by atoms with Crippen molar-refractivity contribution < 1.29 is 14.8 Å². The third-order valence-corrected chi connectivity index (χ3v) is 2.37. The lowest BCUT2D eigenvalue weighted by atomic mass is 10.1. The lowest BCUT2D eigenvalue weighted by molar-refractivity contribution is -0.385. The summed E-state index contributed by atoms with van der Waals surface area (Å²) in [5.41, 5.74) is 0.223. The van der Waals surface area contributed by atoms with E-state index in [1.54, 1.807) is 6.07 Å². The molecule has 0 heterocycles. The molecule has 1 aromatic rings. The van der Waals surface area contributed by atoms with Crippen LogP contribution in [0.2, 0.25) is 0 Å². The number of aliphatic hydroxyl groups is 1. The van der Waals surface area contributed by atoms with Crippen LogP contribution < -0.4 is 4.74 Å². The summed E-state index contributed by atoms with van der Waals surface area (Å²) in [6.45, 7) is 1.52. The zero-order valence-electron chi connectivity index (χ0n) is 8.23. The van der Waals surface area contributed by atoms with Crippen molar-refractivity contribution in [1.82, 2.24) is 0 Å². The number of nitro benzene ring substituents is 1. The first kappa shape index (κ1) is 11.9. The zero-order chi connectivity index (χ0) is 11.6. The van der Waals surface area contributed by atoms with E-state index >= 15 is 0 Å². The number of nitrogens with zero attached hydrogens (tertiary/aromatic N) is 1. The largest absolute Gasteiger partial charge is 0.490 e. The van der Waals surface area contributed by atoms with E-state index in [-0.39, 0.29) is 11.4 Å². The zero-order valence-corrected chi connectivity index (χ0v) is 9.82. The van der Waals surface area contributed by atoms with E-state index < -0.39 is 11.0 Å². The smallest absolute Gasteiger partial charge is 0.312 e. The van der Waals surface area contributed by atoms with Gasteiger partial charge in [0.2, 0.25) is 5.75 Å². The number of rotatable bonds is 3. The normalized spacial score (nSPS) is 12.3. The molecule has 1 N–H and O–H groups in total. The van der Waals surface area contributed by atoms with E-state index in [0.717, 1.165) is 0 Å². The van der Waals surface area contributed by atoms with Crippen LogP contribution in [0, 0.1) is 10.1 Å². The first-order chi connectivity index (χ1) is 6.97. The van der Waals surface area contributed by atoms with Gasteiger partial charge >= 0.3 is 5.69 Å². The van der Waals surface area contributed by atoms with Crippen LogP contribution in [0.15, 0.2) is 16.6 Å². The number of hydrogen-bond acceptors (Lipinski definition) is 4. The lowest BCUT2D eigenvalue weighted by Crippen LogP contribution is -2.01. The number of ether oxygens (including phenoxy) is 1. The van der Waals surface area contributed by atoms with Crippen LogP contribution in [0.1, 0.15) is 18.6 Å². The summed E-state index contributed by atoms with van der Waals surface area (Å²) in [5, 5.41) is 20.2. The maximum atomic E-state index is 10.7. The molecule has 0 saturated heterocycles. The van der Waals surface area contributed by atoms with Gasteiger partial charge in [0.25, 0.3) is 0 Å². The van der Waals surface area contributed by atoms with Crippen molar-refractivity contribution in [2.75, 3.05) is 7.11 Å². The number of hydrogen-bond donors (Lipinski definition) is 1. The molecule has 0 saturated carbocycles. The number of benzene rings is 1. The first-order valence-corrected chi connectivity index (χ1v) is 4.96. The second-order valence-corrected chi connectivity index (χ2v) is 3.90. The average Bonchev–Trinajstić information content (AvgIpc) is 2.16. The summed E-state index contributed by atoms with van der Waals surface area (Å²) in [6, 6.07) is 2.93. The van der Waals surface area contributed by atoms with Crippen molar-refractivity contribution in [3.63, 3.8) is 0 Å². The summed E-state index contributed by atoms with van der Waals surface area (Å²) < 4.78 is 5.46. The van der Waals surface area contributed by atoms with E-state index in [1.807, 2.05) is 0 Å². The SMILES string of the molecule is COc1c([C@@H](C)O)cc(Br)cc1[N+](=O)[O-]. The molecule has 1 aromatic carbocycles. The van der Waals surface area contributed by atoms with E-state index in [4.69, 9.17) is 4.74 Å². The summed E-state index contributed by atoms with van der Waals surface area (Å²) in [7, 11) is 1.34. The highest BCUT2D eigenvalue weighted by Crippen LogP contribution is 2.37. The highest BCUT2D eigenvalue weighted by Gasteiger charge is 2.22. The fraction of sp³-hybridized carbons (Fsp3) is 0.333. The molecule has 82 valence electrons. The predicted molar refractivity (Wildman–Crippen MR) is 58.0 cm³/mol. The predicted octanol–water partition coefficient (Wildman–Crippen LogP) is 2.42. The van der Waals surface area contributed by atoms with E-state index in [9.17, 15) is 15.2 Å². The molecule has 0 fully saturated rings. The van der Waals surface area contributed by atoms with Gasteiger partial charge in [-0.3, -0.25) is 10.1 Å². The Morgan fingerprint density at radius 3 is 2.60 bits per heavy atom. The van der Waals surface area contributed by atoms with Gasteiger partial charge in [-0.2, -0.15) is 0 Å². The Kier molecular flexibility index (Phi) is 3.65. The summed E-state index contributed by atoms with van der Waals surface area (Å²) >= 11 is 3.14. The van der Waals surface area contributed by atoms with Crippen LogP contribution in [-0.2, 0) is 0 Å². The molecule has 1 atom stereocenters. The summed E-state index contributed by atoms with van der Waals surface area (Å²) in [4.78, 5) is 10.2. The van der Waals surface area contributed by atoms with Crippen LogP contribution in [0.5, 0.6) is 5.75 Å².